The summed E-state index contributed by atoms with van der Waals surface area (Å²) in [6.07, 6.45) is 3.19. The third-order valence-corrected chi connectivity index (χ3v) is 6.77. The van der Waals surface area contributed by atoms with Gasteiger partial charge in [0.05, 0.1) is 0 Å². The van der Waals surface area contributed by atoms with Crippen LogP contribution in [0.4, 0.5) is 0 Å². The number of likely N-dealkylation sites (tertiary alicyclic amines) is 1. The Morgan fingerprint density at radius 1 is 0.844 bits per heavy atom. The molecular formula is C26H30N4O2. The van der Waals surface area contributed by atoms with Gasteiger partial charge in [-0.3, -0.25) is 14.5 Å². The molecule has 0 bridgehead atoms. The third-order valence-electron chi connectivity index (χ3n) is 6.77. The molecule has 2 saturated heterocycles. The number of hydrogen-bond acceptors (Lipinski definition) is 3. The minimum Gasteiger partial charge on any atom is -0.347 e. The number of carbonyl (C=O) groups excluding carboxylic acids is 2. The van der Waals surface area contributed by atoms with E-state index in [9.17, 15) is 9.59 Å². The average molecular weight is 431 g/mol. The van der Waals surface area contributed by atoms with Crippen LogP contribution >= 0.6 is 0 Å². The largest absolute Gasteiger partial charge is 0.347 e. The van der Waals surface area contributed by atoms with Gasteiger partial charge in [-0.05, 0) is 42.8 Å². The van der Waals surface area contributed by atoms with E-state index in [-0.39, 0.29) is 11.8 Å². The van der Waals surface area contributed by atoms with Crippen molar-refractivity contribution in [3.63, 3.8) is 0 Å². The van der Waals surface area contributed by atoms with E-state index in [1.165, 1.54) is 5.52 Å². The Labute approximate surface area is 189 Å². The van der Waals surface area contributed by atoms with Gasteiger partial charge in [0.15, 0.2) is 0 Å². The van der Waals surface area contributed by atoms with Crippen molar-refractivity contribution >= 4 is 22.7 Å². The van der Waals surface area contributed by atoms with Crippen molar-refractivity contribution in [2.45, 2.75) is 25.9 Å². The topological polar surface area (TPSA) is 48.8 Å². The van der Waals surface area contributed by atoms with Crippen LogP contribution < -0.4 is 0 Å². The zero-order chi connectivity index (χ0) is 22.1. The van der Waals surface area contributed by atoms with Gasteiger partial charge < -0.3 is 14.4 Å². The van der Waals surface area contributed by atoms with Crippen LogP contribution in [0.1, 0.15) is 34.1 Å². The lowest BCUT2D eigenvalue weighted by Crippen LogP contribution is -2.64. The lowest BCUT2D eigenvalue weighted by molar-refractivity contribution is 0.00854. The molecule has 2 amide bonds. The molecule has 5 rings (SSSR count). The zero-order valence-corrected chi connectivity index (χ0v) is 18.6. The van der Waals surface area contributed by atoms with Gasteiger partial charge in [0.25, 0.3) is 11.8 Å². The predicted molar refractivity (Wildman–Crippen MR) is 126 cm³/mol. The van der Waals surface area contributed by atoms with Crippen molar-refractivity contribution in [2.75, 3.05) is 39.3 Å². The molecule has 32 heavy (non-hydrogen) atoms. The third kappa shape index (κ3) is 3.91. The summed E-state index contributed by atoms with van der Waals surface area (Å²) in [6.45, 7) is 7.90. The number of amides is 2. The Morgan fingerprint density at radius 3 is 2.28 bits per heavy atom. The summed E-state index contributed by atoms with van der Waals surface area (Å²) in [6, 6.07) is 18.0. The van der Waals surface area contributed by atoms with Gasteiger partial charge in [0.1, 0.15) is 0 Å². The van der Waals surface area contributed by atoms with Gasteiger partial charge in [0, 0.05) is 80.1 Å². The fourth-order valence-electron chi connectivity index (χ4n) is 4.86. The van der Waals surface area contributed by atoms with E-state index in [1.807, 2.05) is 52.3 Å². The molecule has 0 spiro atoms. The molecule has 3 heterocycles. The molecule has 6 nitrogen and oxygen atoms in total. The van der Waals surface area contributed by atoms with Gasteiger partial charge in [-0.1, -0.05) is 25.1 Å². The highest BCUT2D eigenvalue weighted by Gasteiger charge is 2.37. The van der Waals surface area contributed by atoms with Gasteiger partial charge in [-0.2, -0.15) is 0 Å². The normalized spacial score (nSPS) is 17.5. The zero-order valence-electron chi connectivity index (χ0n) is 18.6. The molecule has 2 aliphatic heterocycles. The Kier molecular flexibility index (Phi) is 5.70. The number of rotatable bonds is 5. The molecule has 2 aliphatic rings. The monoisotopic (exact) mass is 430 g/mol. The van der Waals surface area contributed by atoms with E-state index in [0.717, 1.165) is 68.7 Å². The number of piperazine rings is 1. The summed E-state index contributed by atoms with van der Waals surface area (Å²) < 4.78 is 2.24. The Hall–Kier alpha value is -3.12. The van der Waals surface area contributed by atoms with Crippen molar-refractivity contribution in [2.24, 2.45) is 0 Å². The molecule has 0 aliphatic carbocycles. The molecule has 2 aromatic carbocycles. The number of benzene rings is 2. The maximum Gasteiger partial charge on any atom is 0.253 e. The van der Waals surface area contributed by atoms with Gasteiger partial charge >= 0.3 is 0 Å². The highest BCUT2D eigenvalue weighted by molar-refractivity contribution is 5.98. The van der Waals surface area contributed by atoms with Crippen LogP contribution in [0, 0.1) is 0 Å². The number of nitrogens with zero attached hydrogens (tertiary/aromatic N) is 4. The molecule has 2 fully saturated rings. The quantitative estimate of drug-likeness (QED) is 0.624. The smallest absolute Gasteiger partial charge is 0.253 e. The Balaban J connectivity index is 1.14. The molecule has 1 aromatic heterocycles. The van der Waals surface area contributed by atoms with Crippen molar-refractivity contribution in [3.8, 4) is 0 Å². The number of fused-ring (bicyclic) bond motifs is 1. The van der Waals surface area contributed by atoms with Gasteiger partial charge in [-0.15, -0.1) is 0 Å². The van der Waals surface area contributed by atoms with E-state index < -0.39 is 0 Å². The average Bonchev–Trinajstić information content (AvgIpc) is 3.21. The first-order chi connectivity index (χ1) is 15.6. The second kappa shape index (κ2) is 8.79. The van der Waals surface area contributed by atoms with Gasteiger partial charge in [-0.25, -0.2) is 0 Å². The lowest BCUT2D eigenvalue weighted by atomic mass is 10.0. The van der Waals surface area contributed by atoms with Crippen LogP contribution in [-0.2, 0) is 6.54 Å². The number of aryl methyl sites for hydroxylation is 1. The molecule has 0 saturated carbocycles. The van der Waals surface area contributed by atoms with E-state index in [1.54, 1.807) is 0 Å². The van der Waals surface area contributed by atoms with Crippen molar-refractivity contribution < 1.29 is 9.59 Å². The van der Waals surface area contributed by atoms with E-state index in [0.29, 0.717) is 6.04 Å². The van der Waals surface area contributed by atoms with Crippen molar-refractivity contribution in [3.05, 3.63) is 71.9 Å². The van der Waals surface area contributed by atoms with E-state index in [2.05, 4.69) is 34.7 Å². The number of hydrogen-bond donors (Lipinski definition) is 0. The standard InChI is InChI=1S/C26H30N4O2/c1-2-11-28-12-10-21-17-22(8-9-24(21)28)26(32)30-18-23(19-30)27-13-15-29(16-14-27)25(31)20-6-4-3-5-7-20/h3-10,12,17,23H,2,11,13-16,18-19H2,1H3. The van der Waals surface area contributed by atoms with E-state index in [4.69, 9.17) is 0 Å². The van der Waals surface area contributed by atoms with Crippen LogP contribution in [0.25, 0.3) is 10.9 Å². The number of aromatic nitrogens is 1. The molecule has 0 N–H and O–H groups in total. The fourth-order valence-corrected chi connectivity index (χ4v) is 4.86. The lowest BCUT2D eigenvalue weighted by Gasteiger charge is -2.48. The molecule has 3 aromatic rings. The first kappa shape index (κ1) is 20.8. The molecular weight excluding hydrogens is 400 g/mol. The molecule has 0 unspecified atom stereocenters. The molecule has 0 radical (unpaired) electrons. The summed E-state index contributed by atoms with van der Waals surface area (Å²) in [4.78, 5) is 31.9. The van der Waals surface area contributed by atoms with Crippen LogP contribution in [0.15, 0.2) is 60.8 Å². The first-order valence-corrected chi connectivity index (χ1v) is 11.6. The molecule has 6 heteroatoms. The summed E-state index contributed by atoms with van der Waals surface area (Å²) in [5.74, 6) is 0.225. The minimum absolute atomic E-state index is 0.110. The van der Waals surface area contributed by atoms with Crippen molar-refractivity contribution in [1.29, 1.82) is 0 Å². The highest BCUT2D eigenvalue weighted by atomic mass is 16.2. The minimum atomic E-state index is 0.110. The second-order valence-electron chi connectivity index (χ2n) is 8.84. The second-order valence-corrected chi connectivity index (χ2v) is 8.84. The number of carbonyl (C=O) groups is 2. The predicted octanol–water partition coefficient (Wildman–Crippen LogP) is 3.33. The summed E-state index contributed by atoms with van der Waals surface area (Å²) in [5.41, 5.74) is 2.71. The van der Waals surface area contributed by atoms with Crippen LogP contribution in [0.5, 0.6) is 0 Å². The summed E-state index contributed by atoms with van der Waals surface area (Å²) in [7, 11) is 0. The summed E-state index contributed by atoms with van der Waals surface area (Å²) >= 11 is 0. The Bertz CT molecular complexity index is 1110. The fraction of sp³-hybridized carbons (Fsp3) is 0.385. The molecule has 166 valence electrons. The van der Waals surface area contributed by atoms with Crippen LogP contribution in [0.3, 0.4) is 0 Å². The first-order valence-electron chi connectivity index (χ1n) is 11.6. The maximum absolute atomic E-state index is 13.0. The van der Waals surface area contributed by atoms with Gasteiger partial charge in [0.2, 0.25) is 0 Å². The maximum atomic E-state index is 13.0. The van der Waals surface area contributed by atoms with E-state index >= 15 is 0 Å². The SMILES string of the molecule is CCCn1ccc2cc(C(=O)N3CC(N4CCN(C(=O)c5ccccc5)CC4)C3)ccc21. The van der Waals surface area contributed by atoms with Crippen LogP contribution in [-0.4, -0.2) is 76.4 Å². The summed E-state index contributed by atoms with van der Waals surface area (Å²) in [5, 5.41) is 1.13. The highest BCUT2D eigenvalue weighted by Crippen LogP contribution is 2.23. The van der Waals surface area contributed by atoms with Crippen LogP contribution in [0.2, 0.25) is 0 Å². The Morgan fingerprint density at radius 2 is 1.56 bits per heavy atom. The van der Waals surface area contributed by atoms with Crippen molar-refractivity contribution in [1.82, 2.24) is 19.3 Å². The molecule has 0 atom stereocenters.